The van der Waals surface area contributed by atoms with E-state index >= 15 is 0 Å². The SMILES string of the molecule is C=CC(=O)NC(C)(C)C.CC(C)(C)N1CC1.CC(C)(C)OS(C)(=O)=O.CC(CO)COc1ccc(C(C)(C)c2ccc(OCC(F)C(F)F)cc2)cc1. The van der Waals surface area contributed by atoms with Gasteiger partial charge >= 0.3 is 0 Å². The van der Waals surface area contributed by atoms with Crippen LogP contribution in [0.4, 0.5) is 13.2 Å². The van der Waals surface area contributed by atoms with Crippen molar-refractivity contribution < 1.29 is 45.1 Å². The fourth-order valence-electron chi connectivity index (χ4n) is 4.24. The third-order valence-electron chi connectivity index (χ3n) is 7.16. The molecular formula is C40H65F3N2O7S. The number of benzene rings is 2. The summed E-state index contributed by atoms with van der Waals surface area (Å²) in [6, 6.07) is 14.8. The molecule has 1 amide bonds. The minimum atomic E-state index is -3.28. The normalized spacial score (nSPS) is 14.5. The van der Waals surface area contributed by atoms with Crippen molar-refractivity contribution >= 4 is 16.0 Å². The summed E-state index contributed by atoms with van der Waals surface area (Å²) in [5, 5.41) is 11.8. The summed E-state index contributed by atoms with van der Waals surface area (Å²) in [5.74, 6) is 1.04. The Morgan fingerprint density at radius 1 is 0.849 bits per heavy atom. The third-order valence-corrected chi connectivity index (χ3v) is 7.96. The van der Waals surface area contributed by atoms with E-state index in [9.17, 15) is 26.4 Å². The standard InChI is InChI=1S/C22H27F3O3.C7H13NO.C6H13N.C5H12O3S/c1-15(12-26)13-27-18-8-4-16(5-9-18)22(2,3)17-6-10-19(11-7-17)28-14-20(23)21(24)25;1-5-6(9)8-7(2,3)4;1-6(2,3)7-4-5-7;1-5(2,3)8-9(4,6)7/h4-11,15,20-21,26H,12-14H2,1-3H3;5H,1H2,2-4H3,(H,8,9);4-5H2,1-3H3;1-4H3. The molecular weight excluding hydrogens is 710 g/mol. The predicted molar refractivity (Wildman–Crippen MR) is 208 cm³/mol. The van der Waals surface area contributed by atoms with Crippen LogP contribution in [0, 0.1) is 5.92 Å². The van der Waals surface area contributed by atoms with E-state index in [0.717, 1.165) is 23.1 Å². The van der Waals surface area contributed by atoms with E-state index in [0.29, 0.717) is 17.9 Å². The molecule has 0 bridgehead atoms. The van der Waals surface area contributed by atoms with Crippen LogP contribution in [-0.4, -0.2) is 92.8 Å². The largest absolute Gasteiger partial charge is 0.493 e. The number of carbonyl (C=O) groups excluding carboxylic acids is 1. The Hall–Kier alpha value is -3.13. The molecule has 2 atom stereocenters. The predicted octanol–water partition coefficient (Wildman–Crippen LogP) is 7.95. The number of hydrogen-bond acceptors (Lipinski definition) is 8. The quantitative estimate of drug-likeness (QED) is 0.127. The number of nitrogens with one attached hydrogen (secondary N) is 1. The topological polar surface area (TPSA) is 114 Å². The minimum Gasteiger partial charge on any atom is -0.493 e. The van der Waals surface area contributed by atoms with Crippen molar-refractivity contribution in [3.63, 3.8) is 0 Å². The number of carbonyl (C=O) groups is 1. The Kier molecular flexibility index (Phi) is 20.4. The minimum absolute atomic E-state index is 0.0743. The lowest BCUT2D eigenvalue weighted by Gasteiger charge is -2.26. The fourth-order valence-corrected chi connectivity index (χ4v) is 5.15. The van der Waals surface area contributed by atoms with E-state index in [1.54, 1.807) is 32.9 Å². The lowest BCUT2D eigenvalue weighted by Crippen LogP contribution is -2.39. The van der Waals surface area contributed by atoms with Crippen molar-refractivity contribution in [3.05, 3.63) is 72.3 Å². The molecule has 304 valence electrons. The van der Waals surface area contributed by atoms with Crippen LogP contribution < -0.4 is 14.8 Å². The van der Waals surface area contributed by atoms with Crippen molar-refractivity contribution in [2.75, 3.05) is 39.2 Å². The molecule has 0 aromatic heterocycles. The monoisotopic (exact) mass is 774 g/mol. The maximum absolute atomic E-state index is 13.0. The molecule has 2 aromatic rings. The molecule has 13 heteroatoms. The Labute approximate surface area is 317 Å². The van der Waals surface area contributed by atoms with Crippen molar-refractivity contribution in [3.8, 4) is 11.5 Å². The molecule has 1 aliphatic heterocycles. The highest BCUT2D eigenvalue weighted by atomic mass is 32.2. The Bertz CT molecular complexity index is 1460. The maximum Gasteiger partial charge on any atom is 0.272 e. The molecule has 53 heavy (non-hydrogen) atoms. The van der Waals surface area contributed by atoms with Gasteiger partial charge in [0.05, 0.1) is 18.5 Å². The van der Waals surface area contributed by atoms with E-state index in [1.165, 1.54) is 19.2 Å². The Morgan fingerprint density at radius 2 is 1.26 bits per heavy atom. The summed E-state index contributed by atoms with van der Waals surface area (Å²) in [6.07, 6.45) is -3.03. The smallest absolute Gasteiger partial charge is 0.272 e. The Balaban J connectivity index is 0.000000871. The van der Waals surface area contributed by atoms with Crippen molar-refractivity contribution in [2.24, 2.45) is 5.92 Å². The first kappa shape index (κ1) is 49.9. The molecule has 2 aromatic carbocycles. The van der Waals surface area contributed by atoms with E-state index in [2.05, 4.69) is 55.6 Å². The highest BCUT2D eigenvalue weighted by Gasteiger charge is 2.29. The first-order valence-electron chi connectivity index (χ1n) is 17.6. The molecule has 0 aliphatic carbocycles. The van der Waals surface area contributed by atoms with E-state index in [1.807, 2.05) is 64.1 Å². The summed E-state index contributed by atoms with van der Waals surface area (Å²) >= 11 is 0. The summed E-state index contributed by atoms with van der Waals surface area (Å²) in [7, 11) is -3.28. The zero-order valence-corrected chi connectivity index (χ0v) is 34.9. The van der Waals surface area contributed by atoms with Crippen LogP contribution >= 0.6 is 0 Å². The molecule has 3 rings (SSSR count). The van der Waals surface area contributed by atoms with E-state index in [4.69, 9.17) is 14.6 Å². The number of aliphatic hydroxyl groups excluding tert-OH is 1. The molecule has 2 N–H and O–H groups in total. The summed E-state index contributed by atoms with van der Waals surface area (Å²) < 4.78 is 73.5. The molecule has 1 heterocycles. The summed E-state index contributed by atoms with van der Waals surface area (Å²) in [6.45, 7) is 29.5. The molecule has 9 nitrogen and oxygen atoms in total. The molecule has 2 unspecified atom stereocenters. The molecule has 0 saturated carbocycles. The average Bonchev–Trinajstić information content (AvgIpc) is 3.88. The van der Waals surface area contributed by atoms with Gasteiger partial charge in [-0.05, 0) is 104 Å². The average molecular weight is 775 g/mol. The number of ether oxygens (including phenoxy) is 2. The molecule has 1 saturated heterocycles. The van der Waals surface area contributed by atoms with Gasteiger partial charge in [0, 0.05) is 42.1 Å². The van der Waals surface area contributed by atoms with Gasteiger partial charge in [-0.1, -0.05) is 51.6 Å². The second-order valence-corrected chi connectivity index (χ2v) is 18.0. The molecule has 1 fully saturated rings. The number of aliphatic hydroxyl groups is 1. The lowest BCUT2D eigenvalue weighted by molar-refractivity contribution is -0.117. The number of alkyl halides is 3. The highest BCUT2D eigenvalue weighted by Crippen LogP contribution is 2.33. The van der Waals surface area contributed by atoms with Gasteiger partial charge in [-0.25, -0.2) is 13.2 Å². The lowest BCUT2D eigenvalue weighted by atomic mass is 9.78. The highest BCUT2D eigenvalue weighted by molar-refractivity contribution is 7.86. The van der Waals surface area contributed by atoms with Crippen LogP contribution in [0.5, 0.6) is 11.5 Å². The van der Waals surface area contributed by atoms with Gasteiger partial charge in [-0.15, -0.1) is 0 Å². The van der Waals surface area contributed by atoms with Gasteiger partial charge in [-0.3, -0.25) is 13.9 Å². The third kappa shape index (κ3) is 24.0. The fraction of sp³-hybridized carbons (Fsp3) is 0.625. The van der Waals surface area contributed by atoms with Crippen LogP contribution in [0.15, 0.2) is 61.2 Å². The van der Waals surface area contributed by atoms with Gasteiger partial charge in [0.25, 0.3) is 16.5 Å². The van der Waals surface area contributed by atoms with Crippen LogP contribution in [0.1, 0.15) is 94.2 Å². The van der Waals surface area contributed by atoms with Crippen molar-refractivity contribution in [1.82, 2.24) is 10.2 Å². The first-order chi connectivity index (χ1) is 24.0. The number of amides is 1. The summed E-state index contributed by atoms with van der Waals surface area (Å²) in [5.41, 5.74) is 1.47. The van der Waals surface area contributed by atoms with Gasteiger partial charge in [0.1, 0.15) is 18.1 Å². The first-order valence-corrected chi connectivity index (χ1v) is 19.4. The summed E-state index contributed by atoms with van der Waals surface area (Å²) in [4.78, 5) is 13.0. The maximum atomic E-state index is 13.0. The zero-order chi connectivity index (χ0) is 41.4. The molecule has 0 spiro atoms. The van der Waals surface area contributed by atoms with Gasteiger partial charge in [0.2, 0.25) is 5.91 Å². The number of nitrogens with zero attached hydrogens (tertiary/aromatic N) is 1. The van der Waals surface area contributed by atoms with Crippen LogP contribution in [0.25, 0.3) is 0 Å². The van der Waals surface area contributed by atoms with Gasteiger partial charge < -0.3 is 19.9 Å². The Morgan fingerprint density at radius 3 is 1.49 bits per heavy atom. The van der Waals surface area contributed by atoms with Crippen LogP contribution in [0.2, 0.25) is 0 Å². The molecule has 0 radical (unpaired) electrons. The zero-order valence-electron chi connectivity index (χ0n) is 34.1. The van der Waals surface area contributed by atoms with E-state index in [-0.39, 0.29) is 29.4 Å². The van der Waals surface area contributed by atoms with Gasteiger partial charge in [-0.2, -0.15) is 8.42 Å². The van der Waals surface area contributed by atoms with Crippen LogP contribution in [0.3, 0.4) is 0 Å². The number of halogens is 3. The van der Waals surface area contributed by atoms with E-state index < -0.39 is 34.9 Å². The van der Waals surface area contributed by atoms with Crippen LogP contribution in [-0.2, 0) is 24.5 Å². The number of rotatable bonds is 12. The van der Waals surface area contributed by atoms with Gasteiger partial charge in [0.15, 0.2) is 6.17 Å². The second-order valence-electron chi connectivity index (χ2n) is 16.4. The number of hydrogen-bond donors (Lipinski definition) is 2. The second kappa shape index (κ2) is 21.7. The van der Waals surface area contributed by atoms with Crippen molar-refractivity contribution in [2.45, 2.75) is 118 Å². The van der Waals surface area contributed by atoms with Crippen molar-refractivity contribution in [1.29, 1.82) is 0 Å². The molecule has 1 aliphatic rings.